The number of aromatic nitrogens is 4. The number of primary sulfonamides is 1. The van der Waals surface area contributed by atoms with Crippen LogP contribution in [0.1, 0.15) is 22.6 Å². The van der Waals surface area contributed by atoms with Crippen molar-refractivity contribution in [3.05, 3.63) is 28.7 Å². The van der Waals surface area contributed by atoms with Crippen LogP contribution < -0.4 is 5.14 Å². The van der Waals surface area contributed by atoms with Gasteiger partial charge in [0.05, 0.1) is 5.69 Å². The van der Waals surface area contributed by atoms with Crippen molar-refractivity contribution in [2.75, 3.05) is 0 Å². The van der Waals surface area contributed by atoms with Gasteiger partial charge in [0.25, 0.3) is 16.0 Å². The lowest BCUT2D eigenvalue weighted by Gasteiger charge is -2.06. The zero-order valence-electron chi connectivity index (χ0n) is 11.1. The van der Waals surface area contributed by atoms with Crippen LogP contribution in [0.15, 0.2) is 11.1 Å². The van der Waals surface area contributed by atoms with Crippen LogP contribution in [0.3, 0.4) is 0 Å². The van der Waals surface area contributed by atoms with E-state index in [2.05, 4.69) is 15.1 Å². The number of aryl methyl sites for hydroxylation is 3. The molecule has 0 atom stereocenters. The largest absolute Gasteiger partial charge is 0.257 e. The minimum atomic E-state index is -4.13. The standard InChI is InChI=1S/C11H12N6O2S/c1-6-4-7(2)15-11(14-6)17-10(20(13,18)19)9(5-12)8(3)16-17/h4H,1-3H3,(H2,13,18,19). The zero-order valence-corrected chi connectivity index (χ0v) is 11.9. The second kappa shape index (κ2) is 4.66. The van der Waals surface area contributed by atoms with Crippen LogP contribution in [0.4, 0.5) is 0 Å². The average molecular weight is 292 g/mol. The highest BCUT2D eigenvalue weighted by atomic mass is 32.2. The highest BCUT2D eigenvalue weighted by molar-refractivity contribution is 7.89. The van der Waals surface area contributed by atoms with Crippen LogP contribution in [0, 0.1) is 32.1 Å². The van der Waals surface area contributed by atoms with Crippen molar-refractivity contribution in [2.45, 2.75) is 25.8 Å². The van der Waals surface area contributed by atoms with E-state index < -0.39 is 15.0 Å². The van der Waals surface area contributed by atoms with E-state index in [1.54, 1.807) is 26.0 Å². The molecule has 0 amide bonds. The molecule has 0 radical (unpaired) electrons. The van der Waals surface area contributed by atoms with E-state index in [0.717, 1.165) is 4.68 Å². The van der Waals surface area contributed by atoms with Crippen molar-refractivity contribution in [3.8, 4) is 12.0 Å². The van der Waals surface area contributed by atoms with Crippen LogP contribution in [-0.4, -0.2) is 28.2 Å². The fourth-order valence-corrected chi connectivity index (χ4v) is 2.68. The Morgan fingerprint density at radius 3 is 2.25 bits per heavy atom. The maximum Gasteiger partial charge on any atom is 0.257 e. The van der Waals surface area contributed by atoms with Gasteiger partial charge in [-0.05, 0) is 26.8 Å². The van der Waals surface area contributed by atoms with Gasteiger partial charge in [0.15, 0.2) is 5.03 Å². The Bertz CT molecular complexity index is 811. The summed E-state index contributed by atoms with van der Waals surface area (Å²) in [7, 11) is -4.13. The molecule has 0 bridgehead atoms. The van der Waals surface area contributed by atoms with E-state index >= 15 is 0 Å². The van der Waals surface area contributed by atoms with Gasteiger partial charge in [-0.1, -0.05) is 0 Å². The predicted molar refractivity (Wildman–Crippen MR) is 69.5 cm³/mol. The second-order valence-electron chi connectivity index (χ2n) is 4.28. The minimum absolute atomic E-state index is 0.0659. The van der Waals surface area contributed by atoms with Gasteiger partial charge in [-0.15, -0.1) is 0 Å². The first kappa shape index (κ1) is 14.1. The van der Waals surface area contributed by atoms with Crippen molar-refractivity contribution in [3.63, 3.8) is 0 Å². The normalized spacial score (nSPS) is 11.3. The van der Waals surface area contributed by atoms with Gasteiger partial charge in [-0.25, -0.2) is 23.5 Å². The van der Waals surface area contributed by atoms with Crippen LogP contribution >= 0.6 is 0 Å². The number of nitriles is 1. The van der Waals surface area contributed by atoms with Gasteiger partial charge in [-0.3, -0.25) is 0 Å². The summed E-state index contributed by atoms with van der Waals surface area (Å²) in [5.74, 6) is 0.0659. The summed E-state index contributed by atoms with van der Waals surface area (Å²) in [6.45, 7) is 5.01. The lowest BCUT2D eigenvalue weighted by Crippen LogP contribution is -2.20. The maximum atomic E-state index is 11.7. The summed E-state index contributed by atoms with van der Waals surface area (Å²) in [4.78, 5) is 8.25. The van der Waals surface area contributed by atoms with Crippen molar-refractivity contribution in [2.24, 2.45) is 5.14 Å². The molecule has 20 heavy (non-hydrogen) atoms. The van der Waals surface area contributed by atoms with E-state index in [9.17, 15) is 8.42 Å². The fourth-order valence-electron chi connectivity index (χ4n) is 1.84. The summed E-state index contributed by atoms with van der Waals surface area (Å²) in [6, 6.07) is 3.53. The number of rotatable bonds is 2. The lowest BCUT2D eigenvalue weighted by molar-refractivity contribution is 0.584. The number of nitrogens with zero attached hydrogens (tertiary/aromatic N) is 5. The van der Waals surface area contributed by atoms with Gasteiger partial charge in [0.2, 0.25) is 0 Å². The molecule has 2 aromatic rings. The third kappa shape index (κ3) is 2.38. The average Bonchev–Trinajstić information content (AvgIpc) is 2.64. The molecule has 8 nitrogen and oxygen atoms in total. The summed E-state index contributed by atoms with van der Waals surface area (Å²) in [5.41, 5.74) is 1.45. The Balaban J connectivity index is 2.85. The molecule has 0 aliphatic carbocycles. The Kier molecular flexibility index (Phi) is 3.29. The Morgan fingerprint density at radius 1 is 1.25 bits per heavy atom. The molecule has 2 aromatic heterocycles. The zero-order chi connectivity index (χ0) is 15.1. The molecule has 0 aliphatic rings. The molecule has 0 aliphatic heterocycles. The molecular weight excluding hydrogens is 280 g/mol. The summed E-state index contributed by atoms with van der Waals surface area (Å²) >= 11 is 0. The van der Waals surface area contributed by atoms with Crippen molar-refractivity contribution in [1.29, 1.82) is 5.26 Å². The number of hydrogen-bond acceptors (Lipinski definition) is 6. The van der Waals surface area contributed by atoms with Gasteiger partial charge in [0.1, 0.15) is 11.6 Å². The Labute approximate surface area is 115 Å². The molecule has 0 aromatic carbocycles. The van der Waals surface area contributed by atoms with E-state index in [-0.39, 0.29) is 17.2 Å². The highest BCUT2D eigenvalue weighted by Gasteiger charge is 2.26. The molecule has 0 fully saturated rings. The molecule has 0 saturated heterocycles. The molecule has 9 heteroatoms. The fraction of sp³-hybridized carbons (Fsp3) is 0.273. The van der Waals surface area contributed by atoms with Crippen LogP contribution in [0.25, 0.3) is 5.95 Å². The quantitative estimate of drug-likeness (QED) is 0.836. The maximum absolute atomic E-state index is 11.7. The van der Waals surface area contributed by atoms with Crippen LogP contribution in [0.5, 0.6) is 0 Å². The number of nitrogens with two attached hydrogens (primary N) is 1. The third-order valence-electron chi connectivity index (χ3n) is 2.56. The molecule has 104 valence electrons. The van der Waals surface area contributed by atoms with E-state index in [0.29, 0.717) is 11.4 Å². The van der Waals surface area contributed by atoms with Crippen molar-refractivity contribution >= 4 is 10.0 Å². The molecular formula is C11H12N6O2S. The molecule has 2 rings (SSSR count). The predicted octanol–water partition coefficient (Wildman–Crippen LogP) is 0.107. The second-order valence-corrected chi connectivity index (χ2v) is 5.76. The van der Waals surface area contributed by atoms with Gasteiger partial charge < -0.3 is 0 Å². The molecule has 0 saturated carbocycles. The van der Waals surface area contributed by atoms with Gasteiger partial charge >= 0.3 is 0 Å². The first-order chi connectivity index (χ1) is 9.24. The first-order valence-corrected chi connectivity index (χ1v) is 7.14. The Hall–Kier alpha value is -2.31. The number of sulfonamides is 1. The molecule has 2 N–H and O–H groups in total. The van der Waals surface area contributed by atoms with Crippen molar-refractivity contribution in [1.82, 2.24) is 19.7 Å². The topological polar surface area (TPSA) is 128 Å². The lowest BCUT2D eigenvalue weighted by atomic mass is 10.3. The smallest absolute Gasteiger partial charge is 0.223 e. The number of hydrogen-bond donors (Lipinski definition) is 1. The van der Waals surface area contributed by atoms with Crippen LogP contribution in [-0.2, 0) is 10.0 Å². The molecule has 2 heterocycles. The van der Waals surface area contributed by atoms with E-state index in [4.69, 9.17) is 10.4 Å². The van der Waals surface area contributed by atoms with Gasteiger partial charge in [0, 0.05) is 11.4 Å². The van der Waals surface area contributed by atoms with E-state index in [1.807, 2.05) is 0 Å². The monoisotopic (exact) mass is 292 g/mol. The van der Waals surface area contributed by atoms with E-state index in [1.165, 1.54) is 6.92 Å². The highest BCUT2D eigenvalue weighted by Crippen LogP contribution is 2.20. The minimum Gasteiger partial charge on any atom is -0.223 e. The molecule has 0 spiro atoms. The Morgan fingerprint density at radius 2 is 1.80 bits per heavy atom. The summed E-state index contributed by atoms with van der Waals surface area (Å²) < 4.78 is 24.4. The molecule has 0 unspecified atom stereocenters. The summed E-state index contributed by atoms with van der Waals surface area (Å²) in [6.07, 6.45) is 0. The third-order valence-corrected chi connectivity index (χ3v) is 3.48. The van der Waals surface area contributed by atoms with Crippen LogP contribution in [0.2, 0.25) is 0 Å². The first-order valence-electron chi connectivity index (χ1n) is 5.59. The van der Waals surface area contributed by atoms with Crippen molar-refractivity contribution < 1.29 is 8.42 Å². The van der Waals surface area contributed by atoms with Gasteiger partial charge in [-0.2, -0.15) is 15.0 Å². The SMILES string of the molecule is Cc1cc(C)nc(-n2nc(C)c(C#N)c2S(N)(=O)=O)n1. The summed E-state index contributed by atoms with van der Waals surface area (Å²) in [5, 5.41) is 17.8.